The normalized spacial score (nSPS) is 21.4. The van der Waals surface area contributed by atoms with Gasteiger partial charge in [-0.15, -0.1) is 0 Å². The number of nitrogens with zero attached hydrogens (tertiary/aromatic N) is 2. The molecule has 1 N–H and O–H groups in total. The molecule has 1 aliphatic carbocycles. The number of carbonyl (C=O) groups excluding carboxylic acids is 3. The van der Waals surface area contributed by atoms with Gasteiger partial charge in [0.1, 0.15) is 5.76 Å². The van der Waals surface area contributed by atoms with E-state index in [1.54, 1.807) is 19.1 Å². The van der Waals surface area contributed by atoms with E-state index in [2.05, 4.69) is 16.0 Å². The maximum absolute atomic E-state index is 13.1. The van der Waals surface area contributed by atoms with Crippen LogP contribution in [0.2, 0.25) is 0 Å². The highest BCUT2D eigenvalue weighted by atomic mass is 16.3. The summed E-state index contributed by atoms with van der Waals surface area (Å²) >= 11 is 0. The van der Waals surface area contributed by atoms with Gasteiger partial charge in [0, 0.05) is 23.5 Å². The number of imide groups is 1. The molecule has 7 nitrogen and oxygen atoms in total. The summed E-state index contributed by atoms with van der Waals surface area (Å²) in [7, 11) is 0. The Morgan fingerprint density at radius 2 is 2.06 bits per heavy atom. The molecule has 164 valence electrons. The lowest BCUT2D eigenvalue weighted by Gasteiger charge is -2.18. The summed E-state index contributed by atoms with van der Waals surface area (Å²) in [6, 6.07) is 4.57. The monoisotopic (exact) mass is 423 g/mol. The second-order valence-corrected chi connectivity index (χ2v) is 8.64. The summed E-state index contributed by atoms with van der Waals surface area (Å²) in [4.78, 5) is 39.5. The number of urea groups is 1. The second kappa shape index (κ2) is 8.21. The van der Waals surface area contributed by atoms with Crippen molar-refractivity contribution < 1.29 is 18.8 Å². The number of furan rings is 1. The maximum atomic E-state index is 13.1. The lowest BCUT2D eigenvalue weighted by molar-refractivity contribution is -0.131. The molecule has 0 bridgehead atoms. The fourth-order valence-electron chi connectivity index (χ4n) is 4.61. The molecule has 0 aromatic carbocycles. The van der Waals surface area contributed by atoms with E-state index in [0.29, 0.717) is 11.3 Å². The van der Waals surface area contributed by atoms with Crippen LogP contribution >= 0.6 is 0 Å². The average Bonchev–Trinajstić information content (AvgIpc) is 3.44. The molecular weight excluding hydrogens is 394 g/mol. The molecular formula is C24H29N3O4. The van der Waals surface area contributed by atoms with Crippen LogP contribution in [-0.2, 0) is 16.9 Å². The van der Waals surface area contributed by atoms with Gasteiger partial charge in [0.2, 0.25) is 0 Å². The highest BCUT2D eigenvalue weighted by molar-refractivity contribution is 6.11. The van der Waals surface area contributed by atoms with Gasteiger partial charge in [0.25, 0.3) is 5.91 Å². The third kappa shape index (κ3) is 3.84. The van der Waals surface area contributed by atoms with Crippen molar-refractivity contribution in [2.45, 2.75) is 65.0 Å². The average molecular weight is 424 g/mol. The summed E-state index contributed by atoms with van der Waals surface area (Å²) in [5.41, 5.74) is 2.63. The van der Waals surface area contributed by atoms with Crippen LogP contribution in [0, 0.1) is 13.8 Å². The van der Waals surface area contributed by atoms with E-state index in [-0.39, 0.29) is 12.3 Å². The van der Waals surface area contributed by atoms with Crippen LogP contribution in [0.1, 0.15) is 66.5 Å². The molecule has 2 aromatic rings. The molecule has 31 heavy (non-hydrogen) atoms. The Hall–Kier alpha value is -3.09. The molecule has 2 aromatic heterocycles. The number of nitrogens with one attached hydrogen (secondary N) is 1. The molecule has 1 saturated heterocycles. The standard InChI is InChI=1S/C24H29N3O4/c1-16-14-19(17(2)26(16)12-11-18-8-5-4-6-9-18)20(28)15-27-22(29)24(3,25-23(27)30)21-10-7-13-31-21/h7-8,10,13-14H,4-6,9,11-12,15H2,1-3H3,(H,25,30). The molecule has 0 saturated carbocycles. The van der Waals surface area contributed by atoms with E-state index in [9.17, 15) is 14.4 Å². The van der Waals surface area contributed by atoms with Crippen LogP contribution in [-0.4, -0.2) is 33.7 Å². The van der Waals surface area contributed by atoms with E-state index < -0.39 is 17.5 Å². The van der Waals surface area contributed by atoms with Gasteiger partial charge in [-0.1, -0.05) is 11.6 Å². The third-order valence-corrected chi connectivity index (χ3v) is 6.51. The third-order valence-electron chi connectivity index (χ3n) is 6.51. The number of ketones is 1. The van der Waals surface area contributed by atoms with Crippen LogP contribution in [0.5, 0.6) is 0 Å². The Morgan fingerprint density at radius 1 is 1.26 bits per heavy atom. The number of Topliss-reactive ketones (excluding diaryl/α,β-unsaturated/α-hetero) is 1. The molecule has 1 unspecified atom stereocenters. The van der Waals surface area contributed by atoms with Gasteiger partial charge >= 0.3 is 6.03 Å². The van der Waals surface area contributed by atoms with Crippen molar-refractivity contribution in [2.24, 2.45) is 0 Å². The molecule has 2 aliphatic rings. The summed E-state index contributed by atoms with van der Waals surface area (Å²) in [5, 5.41) is 2.66. The smallest absolute Gasteiger partial charge is 0.325 e. The van der Waals surface area contributed by atoms with Crippen molar-refractivity contribution in [3.8, 4) is 0 Å². The number of carbonyl (C=O) groups is 3. The predicted octanol–water partition coefficient (Wildman–Crippen LogP) is 4.24. The summed E-state index contributed by atoms with van der Waals surface area (Å²) in [5.74, 6) is -0.390. The Morgan fingerprint density at radius 3 is 2.74 bits per heavy atom. The topological polar surface area (TPSA) is 84.6 Å². The predicted molar refractivity (Wildman–Crippen MR) is 116 cm³/mol. The fraction of sp³-hybridized carbons (Fsp3) is 0.458. The van der Waals surface area contributed by atoms with E-state index in [4.69, 9.17) is 4.42 Å². The Kier molecular flexibility index (Phi) is 5.60. The molecule has 7 heteroatoms. The highest BCUT2D eigenvalue weighted by Crippen LogP contribution is 2.29. The van der Waals surface area contributed by atoms with Gasteiger partial charge < -0.3 is 14.3 Å². The first kappa shape index (κ1) is 21.2. The van der Waals surface area contributed by atoms with Gasteiger partial charge in [-0.05, 0) is 71.1 Å². The minimum Gasteiger partial charge on any atom is -0.466 e. The molecule has 1 atom stereocenters. The van der Waals surface area contributed by atoms with Crippen LogP contribution in [0.25, 0.3) is 0 Å². The van der Waals surface area contributed by atoms with Gasteiger partial charge in [-0.25, -0.2) is 4.79 Å². The molecule has 0 spiro atoms. The van der Waals surface area contributed by atoms with Crippen LogP contribution in [0.15, 0.2) is 40.5 Å². The number of aromatic nitrogens is 1. The minimum atomic E-state index is -1.30. The van der Waals surface area contributed by atoms with Gasteiger partial charge in [0.15, 0.2) is 11.3 Å². The number of hydrogen-bond donors (Lipinski definition) is 1. The van der Waals surface area contributed by atoms with Crippen LogP contribution in [0.3, 0.4) is 0 Å². The lowest BCUT2D eigenvalue weighted by atomic mass is 9.97. The first-order chi connectivity index (χ1) is 14.8. The van der Waals surface area contributed by atoms with E-state index in [0.717, 1.165) is 42.1 Å². The van der Waals surface area contributed by atoms with Gasteiger partial charge in [-0.3, -0.25) is 14.5 Å². The van der Waals surface area contributed by atoms with E-state index in [1.165, 1.54) is 24.7 Å². The summed E-state index contributed by atoms with van der Waals surface area (Å²) in [6.45, 7) is 6.03. The zero-order chi connectivity index (χ0) is 22.2. The first-order valence-electron chi connectivity index (χ1n) is 10.9. The Balaban J connectivity index is 1.48. The zero-order valence-electron chi connectivity index (χ0n) is 18.4. The number of allylic oxidation sites excluding steroid dienone is 2. The number of aryl methyl sites for hydroxylation is 1. The quantitative estimate of drug-likeness (QED) is 0.410. The molecule has 1 aliphatic heterocycles. The number of amides is 3. The SMILES string of the molecule is Cc1cc(C(=O)CN2C(=O)NC(C)(c3ccco3)C2=O)c(C)n1CCC1=CCCCC1. The van der Waals surface area contributed by atoms with Crippen molar-refractivity contribution in [3.05, 3.63) is 58.8 Å². The summed E-state index contributed by atoms with van der Waals surface area (Å²) in [6.07, 6.45) is 9.62. The molecule has 3 amide bonds. The minimum absolute atomic E-state index is 0.247. The number of rotatable bonds is 7. The largest absolute Gasteiger partial charge is 0.466 e. The van der Waals surface area contributed by atoms with Crippen molar-refractivity contribution in [3.63, 3.8) is 0 Å². The molecule has 1 fully saturated rings. The molecule has 0 radical (unpaired) electrons. The van der Waals surface area contributed by atoms with Crippen molar-refractivity contribution in [1.29, 1.82) is 0 Å². The van der Waals surface area contributed by atoms with Gasteiger partial charge in [0.05, 0.1) is 12.8 Å². The van der Waals surface area contributed by atoms with Crippen molar-refractivity contribution in [2.75, 3.05) is 6.54 Å². The second-order valence-electron chi connectivity index (χ2n) is 8.64. The highest BCUT2D eigenvalue weighted by Gasteiger charge is 2.51. The maximum Gasteiger partial charge on any atom is 0.325 e. The van der Waals surface area contributed by atoms with E-state index >= 15 is 0 Å². The van der Waals surface area contributed by atoms with Crippen molar-refractivity contribution >= 4 is 17.7 Å². The number of hydrogen-bond acceptors (Lipinski definition) is 4. The molecule has 3 heterocycles. The first-order valence-corrected chi connectivity index (χ1v) is 10.9. The van der Waals surface area contributed by atoms with Gasteiger partial charge in [-0.2, -0.15) is 0 Å². The van der Waals surface area contributed by atoms with Crippen LogP contribution in [0.4, 0.5) is 4.79 Å². The summed E-state index contributed by atoms with van der Waals surface area (Å²) < 4.78 is 7.49. The van der Waals surface area contributed by atoms with Crippen LogP contribution < -0.4 is 5.32 Å². The zero-order valence-corrected chi connectivity index (χ0v) is 18.4. The Bertz CT molecular complexity index is 1050. The Labute approximate surface area is 182 Å². The van der Waals surface area contributed by atoms with E-state index in [1.807, 2.05) is 19.9 Å². The molecule has 4 rings (SSSR count). The fourth-order valence-corrected chi connectivity index (χ4v) is 4.61. The lowest BCUT2D eigenvalue weighted by Crippen LogP contribution is -2.41. The van der Waals surface area contributed by atoms with Crippen molar-refractivity contribution in [1.82, 2.24) is 14.8 Å².